The Labute approximate surface area is 177 Å². The minimum Gasteiger partial charge on any atom is -0.328 e. The van der Waals surface area contributed by atoms with Gasteiger partial charge in [-0.1, -0.05) is 87.5 Å². The first-order valence-corrected chi connectivity index (χ1v) is 10.5. The monoisotopic (exact) mass is 390 g/mol. The van der Waals surface area contributed by atoms with Gasteiger partial charge < -0.3 is 4.57 Å². The molecule has 30 heavy (non-hydrogen) atoms. The maximum atomic E-state index is 5.12. The Kier molecular flexibility index (Phi) is 4.25. The van der Waals surface area contributed by atoms with Crippen LogP contribution in [-0.2, 0) is 12.5 Å². The van der Waals surface area contributed by atoms with Gasteiger partial charge in [0.05, 0.1) is 11.2 Å². The van der Waals surface area contributed by atoms with E-state index in [1.165, 1.54) is 38.0 Å². The van der Waals surface area contributed by atoms with E-state index >= 15 is 0 Å². The van der Waals surface area contributed by atoms with Crippen molar-refractivity contribution in [2.75, 3.05) is 0 Å². The molecule has 0 aliphatic carbocycles. The quantitative estimate of drug-likeness (QED) is 0.274. The van der Waals surface area contributed by atoms with Crippen LogP contribution in [0, 0.1) is 0 Å². The van der Waals surface area contributed by atoms with Crippen LogP contribution < -0.4 is 5.49 Å². The van der Waals surface area contributed by atoms with Crippen molar-refractivity contribution in [2.24, 2.45) is 12.0 Å². The van der Waals surface area contributed by atoms with Crippen LogP contribution in [0.15, 0.2) is 89.9 Å². The molecule has 2 heteroatoms. The highest BCUT2D eigenvalue weighted by Gasteiger charge is 2.17. The first-order valence-electron chi connectivity index (χ1n) is 10.5. The Morgan fingerprint density at radius 3 is 2.17 bits per heavy atom. The van der Waals surface area contributed by atoms with Crippen molar-refractivity contribution in [1.82, 2.24) is 4.57 Å². The van der Waals surface area contributed by atoms with E-state index in [9.17, 15) is 0 Å². The van der Waals surface area contributed by atoms with E-state index in [4.69, 9.17) is 4.99 Å². The van der Waals surface area contributed by atoms with E-state index in [2.05, 4.69) is 99.1 Å². The van der Waals surface area contributed by atoms with E-state index < -0.39 is 0 Å². The zero-order chi connectivity index (χ0) is 20.9. The van der Waals surface area contributed by atoms with E-state index in [0.717, 1.165) is 11.2 Å². The van der Waals surface area contributed by atoms with Gasteiger partial charge in [-0.15, -0.1) is 0 Å². The Morgan fingerprint density at radius 1 is 0.700 bits per heavy atom. The van der Waals surface area contributed by atoms with Crippen LogP contribution in [0.1, 0.15) is 26.3 Å². The van der Waals surface area contributed by atoms with E-state index in [0.29, 0.717) is 0 Å². The minimum absolute atomic E-state index is 0.0935. The normalized spacial score (nSPS) is 12.9. The average Bonchev–Trinajstić information content (AvgIpc) is 2.76. The van der Waals surface area contributed by atoms with Gasteiger partial charge in [0, 0.05) is 17.8 Å². The maximum Gasteiger partial charge on any atom is 0.141 e. The highest BCUT2D eigenvalue weighted by atomic mass is 15.0. The van der Waals surface area contributed by atoms with Crippen LogP contribution in [0.5, 0.6) is 0 Å². The molecule has 0 saturated heterocycles. The molecule has 0 bridgehead atoms. The number of aromatic nitrogens is 1. The van der Waals surface area contributed by atoms with Gasteiger partial charge in [-0.05, 0) is 45.3 Å². The van der Waals surface area contributed by atoms with Crippen LogP contribution in [0.2, 0.25) is 0 Å². The van der Waals surface area contributed by atoms with Gasteiger partial charge in [-0.25, -0.2) is 4.99 Å². The largest absolute Gasteiger partial charge is 0.328 e. The van der Waals surface area contributed by atoms with Crippen LogP contribution in [0.4, 0.5) is 5.69 Å². The van der Waals surface area contributed by atoms with Crippen LogP contribution >= 0.6 is 0 Å². The Balaban J connectivity index is 2.03. The lowest BCUT2D eigenvalue weighted by atomic mass is 9.86. The van der Waals surface area contributed by atoms with Crippen molar-refractivity contribution < 1.29 is 0 Å². The fourth-order valence-corrected chi connectivity index (χ4v) is 4.28. The predicted octanol–water partition coefficient (Wildman–Crippen LogP) is 7.01. The molecule has 0 unspecified atom stereocenters. The van der Waals surface area contributed by atoms with E-state index in [1.807, 2.05) is 18.2 Å². The zero-order valence-electron chi connectivity index (χ0n) is 18.0. The maximum absolute atomic E-state index is 5.12. The summed E-state index contributed by atoms with van der Waals surface area (Å²) >= 11 is 0. The lowest BCUT2D eigenvalue weighted by molar-refractivity contribution is 0.590. The van der Waals surface area contributed by atoms with Crippen molar-refractivity contribution >= 4 is 38.1 Å². The average molecular weight is 391 g/mol. The fourth-order valence-electron chi connectivity index (χ4n) is 4.28. The molecule has 1 aromatic heterocycles. The smallest absolute Gasteiger partial charge is 0.141 e. The molecule has 0 N–H and O–H groups in total. The summed E-state index contributed by atoms with van der Waals surface area (Å²) < 4.78 is 2.26. The second kappa shape index (κ2) is 6.84. The summed E-state index contributed by atoms with van der Waals surface area (Å²) in [6.45, 7) is 6.79. The predicted molar refractivity (Wildman–Crippen MR) is 128 cm³/mol. The molecule has 0 saturated carbocycles. The standard InChI is InChI=1S/C28H26N2/c1-28(2,3)20-15-17-23-24-16-14-19-10-8-9-13-22(19)26(24)27(30(4)25(23)18-20)29-21-11-6-5-7-12-21/h5-18H,1-4H3. The summed E-state index contributed by atoms with van der Waals surface area (Å²) in [5, 5.41) is 6.19. The molecule has 148 valence electrons. The highest BCUT2D eigenvalue weighted by Crippen LogP contribution is 2.32. The van der Waals surface area contributed by atoms with Crippen molar-refractivity contribution in [3.05, 3.63) is 96.0 Å². The number of benzene rings is 4. The third-order valence-corrected chi connectivity index (χ3v) is 5.98. The molecule has 0 spiro atoms. The molecule has 0 aliphatic rings. The Bertz CT molecular complexity index is 1470. The number of para-hydroxylation sites is 1. The summed E-state index contributed by atoms with van der Waals surface area (Å²) in [7, 11) is 2.14. The van der Waals surface area contributed by atoms with Crippen LogP contribution in [0.25, 0.3) is 32.4 Å². The second-order valence-electron chi connectivity index (χ2n) is 9.02. The highest BCUT2D eigenvalue weighted by molar-refractivity contribution is 6.16. The SMILES string of the molecule is Cn1c(=Nc2ccccc2)c2c3ccccc3ccc2c2ccc(C(C)(C)C)cc21. The van der Waals surface area contributed by atoms with Gasteiger partial charge in [0.1, 0.15) is 5.49 Å². The summed E-state index contributed by atoms with van der Waals surface area (Å²) in [6.07, 6.45) is 0. The lowest BCUT2D eigenvalue weighted by Gasteiger charge is -2.21. The van der Waals surface area contributed by atoms with Gasteiger partial charge in [0.2, 0.25) is 0 Å². The summed E-state index contributed by atoms with van der Waals surface area (Å²) in [5.41, 5.74) is 4.59. The molecule has 4 aromatic carbocycles. The summed E-state index contributed by atoms with van der Waals surface area (Å²) in [6, 6.07) is 30.2. The number of nitrogens with zero attached hydrogens (tertiary/aromatic N) is 2. The molecule has 0 amide bonds. The Hall–Kier alpha value is -3.39. The molecule has 0 aliphatic heterocycles. The molecular weight excluding hydrogens is 364 g/mol. The van der Waals surface area contributed by atoms with Gasteiger partial charge in [0.25, 0.3) is 0 Å². The van der Waals surface area contributed by atoms with Gasteiger partial charge in [-0.2, -0.15) is 0 Å². The van der Waals surface area contributed by atoms with Crippen LogP contribution in [0.3, 0.4) is 0 Å². The zero-order valence-corrected chi connectivity index (χ0v) is 18.0. The van der Waals surface area contributed by atoms with Gasteiger partial charge >= 0.3 is 0 Å². The summed E-state index contributed by atoms with van der Waals surface area (Å²) in [5.74, 6) is 0. The topological polar surface area (TPSA) is 17.3 Å². The third kappa shape index (κ3) is 3.00. The molecule has 5 rings (SSSR count). The van der Waals surface area contributed by atoms with Gasteiger partial charge in [0.15, 0.2) is 0 Å². The fraction of sp³-hybridized carbons (Fsp3) is 0.179. The van der Waals surface area contributed by atoms with Gasteiger partial charge in [-0.3, -0.25) is 0 Å². The third-order valence-electron chi connectivity index (χ3n) is 5.98. The molecule has 0 radical (unpaired) electrons. The minimum atomic E-state index is 0.0935. The van der Waals surface area contributed by atoms with Crippen LogP contribution in [-0.4, -0.2) is 4.57 Å². The molecule has 5 aromatic rings. The molecular formula is C28H26N2. The first kappa shape index (κ1) is 18.6. The van der Waals surface area contributed by atoms with Crippen molar-refractivity contribution in [1.29, 1.82) is 0 Å². The number of aryl methyl sites for hydroxylation is 1. The Morgan fingerprint density at radius 2 is 1.40 bits per heavy atom. The second-order valence-corrected chi connectivity index (χ2v) is 9.02. The van der Waals surface area contributed by atoms with E-state index in [1.54, 1.807) is 0 Å². The number of fused-ring (bicyclic) bond motifs is 5. The number of hydrogen-bond acceptors (Lipinski definition) is 1. The van der Waals surface area contributed by atoms with E-state index in [-0.39, 0.29) is 5.41 Å². The first-order chi connectivity index (χ1) is 14.4. The molecule has 1 heterocycles. The van der Waals surface area contributed by atoms with Crippen molar-refractivity contribution in [3.63, 3.8) is 0 Å². The lowest BCUT2D eigenvalue weighted by Crippen LogP contribution is -2.20. The summed E-state index contributed by atoms with van der Waals surface area (Å²) in [4.78, 5) is 5.12. The number of rotatable bonds is 1. The number of hydrogen-bond donors (Lipinski definition) is 0. The molecule has 0 fully saturated rings. The number of pyridine rings is 1. The van der Waals surface area contributed by atoms with Crippen molar-refractivity contribution in [2.45, 2.75) is 26.2 Å². The molecule has 2 nitrogen and oxygen atoms in total. The molecule has 0 atom stereocenters. The van der Waals surface area contributed by atoms with Crippen molar-refractivity contribution in [3.8, 4) is 0 Å².